The molecule has 6 nitrogen and oxygen atoms in total. The molecule has 1 aromatic heterocycles. The van der Waals surface area contributed by atoms with Crippen molar-refractivity contribution in [1.29, 1.82) is 0 Å². The molecule has 2 aromatic rings. The van der Waals surface area contributed by atoms with Crippen molar-refractivity contribution in [1.82, 2.24) is 10.1 Å². The third-order valence-corrected chi connectivity index (χ3v) is 3.45. The number of aliphatic hydroxyl groups is 1. The number of ether oxygens (including phenoxy) is 1. The summed E-state index contributed by atoms with van der Waals surface area (Å²) in [5, 5.41) is 13.8. The normalized spacial score (nSPS) is 19.2. The van der Waals surface area contributed by atoms with E-state index >= 15 is 0 Å². The van der Waals surface area contributed by atoms with Crippen LogP contribution in [0.15, 0.2) is 28.8 Å². The quantitative estimate of drug-likeness (QED) is 0.875. The number of aromatic nitrogens is 2. The minimum Gasteiger partial charge on any atom is -0.493 e. The van der Waals surface area contributed by atoms with Crippen LogP contribution in [0.5, 0.6) is 5.75 Å². The Bertz CT molecular complexity index is 585. The average molecular weight is 275 g/mol. The van der Waals surface area contributed by atoms with Gasteiger partial charge >= 0.3 is 0 Å². The van der Waals surface area contributed by atoms with E-state index in [-0.39, 0.29) is 11.8 Å². The largest absolute Gasteiger partial charge is 0.493 e. The van der Waals surface area contributed by atoms with Crippen LogP contribution in [0.3, 0.4) is 0 Å². The van der Waals surface area contributed by atoms with Crippen molar-refractivity contribution in [3.8, 4) is 5.75 Å². The summed E-state index contributed by atoms with van der Waals surface area (Å²) >= 11 is 0. The minimum absolute atomic E-state index is 0.0440. The SMILES string of the molecule is NCCC(O)c1nc(C2CCOc3ccccc32)no1. The van der Waals surface area contributed by atoms with Crippen LogP contribution >= 0.6 is 0 Å². The maximum Gasteiger partial charge on any atom is 0.255 e. The lowest BCUT2D eigenvalue weighted by Gasteiger charge is -2.23. The number of hydrogen-bond acceptors (Lipinski definition) is 6. The highest BCUT2D eigenvalue weighted by Gasteiger charge is 2.27. The molecule has 3 rings (SSSR count). The molecule has 0 spiro atoms. The third-order valence-electron chi connectivity index (χ3n) is 3.45. The number of rotatable bonds is 4. The first-order valence-corrected chi connectivity index (χ1v) is 6.73. The van der Waals surface area contributed by atoms with Gasteiger partial charge in [0.25, 0.3) is 5.89 Å². The Balaban J connectivity index is 1.87. The molecule has 0 saturated heterocycles. The summed E-state index contributed by atoms with van der Waals surface area (Å²) in [6.07, 6.45) is 0.408. The van der Waals surface area contributed by atoms with Gasteiger partial charge in [0, 0.05) is 5.56 Å². The van der Waals surface area contributed by atoms with Crippen LogP contribution in [-0.4, -0.2) is 28.4 Å². The Hall–Kier alpha value is -1.92. The Morgan fingerprint density at radius 3 is 3.10 bits per heavy atom. The number of nitrogens with two attached hydrogens (primary N) is 1. The van der Waals surface area contributed by atoms with E-state index in [1.807, 2.05) is 24.3 Å². The average Bonchev–Trinajstić information content (AvgIpc) is 2.97. The van der Waals surface area contributed by atoms with Crippen LogP contribution in [0.2, 0.25) is 0 Å². The minimum atomic E-state index is -0.795. The number of aliphatic hydroxyl groups excluding tert-OH is 1. The van der Waals surface area contributed by atoms with Crippen molar-refractivity contribution in [2.45, 2.75) is 24.9 Å². The van der Waals surface area contributed by atoms with Crippen LogP contribution in [0.25, 0.3) is 0 Å². The number of fused-ring (bicyclic) bond motifs is 1. The smallest absolute Gasteiger partial charge is 0.255 e. The highest BCUT2D eigenvalue weighted by Crippen LogP contribution is 2.36. The molecule has 0 bridgehead atoms. The monoisotopic (exact) mass is 275 g/mol. The van der Waals surface area contributed by atoms with Gasteiger partial charge in [0.05, 0.1) is 12.5 Å². The van der Waals surface area contributed by atoms with Crippen molar-refractivity contribution in [3.05, 3.63) is 41.5 Å². The molecule has 2 atom stereocenters. The van der Waals surface area contributed by atoms with Gasteiger partial charge in [0.15, 0.2) is 5.82 Å². The van der Waals surface area contributed by atoms with Crippen molar-refractivity contribution >= 4 is 0 Å². The lowest BCUT2D eigenvalue weighted by molar-refractivity contribution is 0.127. The molecule has 2 heterocycles. The van der Waals surface area contributed by atoms with Gasteiger partial charge in [-0.2, -0.15) is 4.98 Å². The number of para-hydroxylation sites is 1. The highest BCUT2D eigenvalue weighted by molar-refractivity contribution is 5.40. The molecular formula is C14H17N3O3. The van der Waals surface area contributed by atoms with Gasteiger partial charge in [0.1, 0.15) is 11.9 Å². The molecule has 0 saturated carbocycles. The standard InChI is InChI=1S/C14H17N3O3/c15-7-5-11(18)14-16-13(17-20-14)10-6-8-19-12-4-2-1-3-9(10)12/h1-4,10-11,18H,5-8,15H2. The molecule has 20 heavy (non-hydrogen) atoms. The molecule has 0 aliphatic carbocycles. The predicted octanol–water partition coefficient (Wildman–Crippen LogP) is 1.37. The second kappa shape index (κ2) is 5.60. The van der Waals surface area contributed by atoms with E-state index in [2.05, 4.69) is 10.1 Å². The van der Waals surface area contributed by atoms with Crippen molar-refractivity contribution in [2.75, 3.05) is 13.2 Å². The fourth-order valence-corrected chi connectivity index (χ4v) is 2.42. The van der Waals surface area contributed by atoms with Crippen LogP contribution < -0.4 is 10.5 Å². The first-order chi connectivity index (χ1) is 9.79. The zero-order valence-corrected chi connectivity index (χ0v) is 11.0. The molecule has 0 fully saturated rings. The van der Waals surface area contributed by atoms with Gasteiger partial charge < -0.3 is 20.1 Å². The fourth-order valence-electron chi connectivity index (χ4n) is 2.42. The van der Waals surface area contributed by atoms with Crippen LogP contribution in [0.1, 0.15) is 42.1 Å². The maximum absolute atomic E-state index is 9.83. The molecule has 1 aliphatic rings. The number of hydrogen-bond donors (Lipinski definition) is 2. The first kappa shape index (κ1) is 13.1. The van der Waals surface area contributed by atoms with E-state index in [1.165, 1.54) is 0 Å². The lowest BCUT2D eigenvalue weighted by Crippen LogP contribution is -2.16. The second-order valence-electron chi connectivity index (χ2n) is 4.81. The molecule has 3 N–H and O–H groups in total. The Morgan fingerprint density at radius 1 is 1.40 bits per heavy atom. The lowest BCUT2D eigenvalue weighted by atomic mass is 9.92. The summed E-state index contributed by atoms with van der Waals surface area (Å²) in [6, 6.07) is 7.84. The maximum atomic E-state index is 9.83. The zero-order chi connectivity index (χ0) is 13.9. The van der Waals surface area contributed by atoms with Gasteiger partial charge in [-0.25, -0.2) is 0 Å². The molecular weight excluding hydrogens is 258 g/mol. The fraction of sp³-hybridized carbons (Fsp3) is 0.429. The van der Waals surface area contributed by atoms with Crippen molar-refractivity contribution in [3.63, 3.8) is 0 Å². The Labute approximate surface area is 116 Å². The van der Waals surface area contributed by atoms with Crippen molar-refractivity contribution < 1.29 is 14.4 Å². The molecule has 6 heteroatoms. The zero-order valence-electron chi connectivity index (χ0n) is 11.0. The van der Waals surface area contributed by atoms with E-state index < -0.39 is 6.10 Å². The molecule has 2 unspecified atom stereocenters. The van der Waals surface area contributed by atoms with E-state index in [4.69, 9.17) is 15.0 Å². The highest BCUT2D eigenvalue weighted by atomic mass is 16.5. The Kier molecular flexibility index (Phi) is 3.66. The topological polar surface area (TPSA) is 94.4 Å². The van der Waals surface area contributed by atoms with Crippen LogP contribution in [0, 0.1) is 0 Å². The van der Waals surface area contributed by atoms with E-state index in [0.29, 0.717) is 25.4 Å². The molecule has 106 valence electrons. The van der Waals surface area contributed by atoms with Gasteiger partial charge in [-0.3, -0.25) is 0 Å². The summed E-state index contributed by atoms with van der Waals surface area (Å²) < 4.78 is 10.8. The first-order valence-electron chi connectivity index (χ1n) is 6.73. The van der Waals surface area contributed by atoms with Crippen LogP contribution in [0.4, 0.5) is 0 Å². The molecule has 1 aliphatic heterocycles. The summed E-state index contributed by atoms with van der Waals surface area (Å²) in [7, 11) is 0. The van der Waals surface area contributed by atoms with Gasteiger partial charge in [0.2, 0.25) is 0 Å². The Morgan fingerprint density at radius 2 is 2.25 bits per heavy atom. The van der Waals surface area contributed by atoms with E-state index in [9.17, 15) is 5.11 Å². The molecule has 1 aromatic carbocycles. The second-order valence-corrected chi connectivity index (χ2v) is 4.81. The van der Waals surface area contributed by atoms with Gasteiger partial charge in [-0.05, 0) is 25.5 Å². The van der Waals surface area contributed by atoms with Crippen molar-refractivity contribution in [2.24, 2.45) is 5.73 Å². The van der Waals surface area contributed by atoms with Crippen LogP contribution in [-0.2, 0) is 0 Å². The van der Waals surface area contributed by atoms with E-state index in [0.717, 1.165) is 17.7 Å². The predicted molar refractivity (Wildman–Crippen MR) is 71.3 cm³/mol. The summed E-state index contributed by atoms with van der Waals surface area (Å²) in [5.74, 6) is 1.72. The summed E-state index contributed by atoms with van der Waals surface area (Å²) in [4.78, 5) is 4.31. The number of benzene rings is 1. The van der Waals surface area contributed by atoms with Gasteiger partial charge in [-0.1, -0.05) is 23.4 Å². The molecule has 0 amide bonds. The van der Waals surface area contributed by atoms with E-state index in [1.54, 1.807) is 0 Å². The third kappa shape index (κ3) is 2.39. The number of nitrogens with zero attached hydrogens (tertiary/aromatic N) is 2. The van der Waals surface area contributed by atoms with Gasteiger partial charge in [-0.15, -0.1) is 0 Å². The summed E-state index contributed by atoms with van der Waals surface area (Å²) in [6.45, 7) is 0.996. The summed E-state index contributed by atoms with van der Waals surface area (Å²) in [5.41, 5.74) is 6.47. The molecule has 0 radical (unpaired) electrons.